The van der Waals surface area contributed by atoms with E-state index in [1.54, 1.807) is 13.0 Å². The van der Waals surface area contributed by atoms with Crippen LogP contribution in [0.1, 0.15) is 18.6 Å². The summed E-state index contributed by atoms with van der Waals surface area (Å²) in [4.78, 5) is 10.7. The maximum Gasteiger partial charge on any atom is 0.223 e. The van der Waals surface area contributed by atoms with Crippen LogP contribution in [0, 0.1) is 5.92 Å². The van der Waals surface area contributed by atoms with Gasteiger partial charge in [0, 0.05) is 0 Å². The van der Waals surface area contributed by atoms with Crippen LogP contribution >= 0.6 is 11.3 Å². The molecule has 2 unspecified atom stereocenters. The summed E-state index contributed by atoms with van der Waals surface area (Å²) in [6, 6.07) is 1.79. The summed E-state index contributed by atoms with van der Waals surface area (Å²) >= 11 is 1.48. The van der Waals surface area contributed by atoms with Crippen molar-refractivity contribution >= 4 is 17.2 Å². The number of amides is 1. The number of thiophene rings is 1. The lowest BCUT2D eigenvalue weighted by Crippen LogP contribution is -2.25. The highest BCUT2D eigenvalue weighted by Gasteiger charge is 2.20. The van der Waals surface area contributed by atoms with Gasteiger partial charge in [0.15, 0.2) is 0 Å². The van der Waals surface area contributed by atoms with Crippen molar-refractivity contribution in [1.82, 2.24) is 0 Å². The molecule has 1 aromatic heterocycles. The van der Waals surface area contributed by atoms with E-state index in [2.05, 4.69) is 0 Å². The number of primary amides is 1. The summed E-state index contributed by atoms with van der Waals surface area (Å²) in [6.45, 7) is 1.62. The zero-order valence-electron chi connectivity index (χ0n) is 6.73. The number of nitrogens with two attached hydrogens (primary N) is 1. The number of carbonyl (C=O) groups is 1. The first-order valence-electron chi connectivity index (χ1n) is 3.62. The smallest absolute Gasteiger partial charge is 0.223 e. The molecular formula is C8H11NO2S. The van der Waals surface area contributed by atoms with Gasteiger partial charge in [-0.15, -0.1) is 0 Å². The van der Waals surface area contributed by atoms with Crippen LogP contribution in [-0.2, 0) is 4.79 Å². The van der Waals surface area contributed by atoms with Gasteiger partial charge in [-0.2, -0.15) is 11.3 Å². The van der Waals surface area contributed by atoms with Crippen LogP contribution in [0.2, 0.25) is 0 Å². The predicted molar refractivity (Wildman–Crippen MR) is 47.6 cm³/mol. The summed E-state index contributed by atoms with van der Waals surface area (Å²) in [7, 11) is 0. The Morgan fingerprint density at radius 3 is 2.83 bits per heavy atom. The molecule has 1 heterocycles. The molecule has 0 aliphatic rings. The fourth-order valence-electron chi connectivity index (χ4n) is 0.888. The first-order valence-corrected chi connectivity index (χ1v) is 4.56. The van der Waals surface area contributed by atoms with Gasteiger partial charge >= 0.3 is 0 Å². The van der Waals surface area contributed by atoms with E-state index < -0.39 is 17.9 Å². The molecule has 0 aliphatic heterocycles. The minimum Gasteiger partial charge on any atom is -0.388 e. The minimum atomic E-state index is -0.770. The van der Waals surface area contributed by atoms with E-state index in [0.29, 0.717) is 0 Å². The lowest BCUT2D eigenvalue weighted by molar-refractivity contribution is -0.124. The summed E-state index contributed by atoms with van der Waals surface area (Å²) in [5, 5.41) is 13.2. The molecule has 1 rings (SSSR count). The molecule has 0 saturated carbocycles. The molecule has 0 aromatic carbocycles. The molecule has 2 atom stereocenters. The largest absolute Gasteiger partial charge is 0.388 e. The van der Waals surface area contributed by atoms with Crippen molar-refractivity contribution in [3.63, 3.8) is 0 Å². The fourth-order valence-corrected chi connectivity index (χ4v) is 1.58. The lowest BCUT2D eigenvalue weighted by Gasteiger charge is -2.13. The average Bonchev–Trinajstić information content (AvgIpc) is 2.53. The molecule has 0 spiro atoms. The Kier molecular flexibility index (Phi) is 2.83. The molecular weight excluding hydrogens is 174 g/mol. The van der Waals surface area contributed by atoms with Crippen LogP contribution in [0.25, 0.3) is 0 Å². The number of carbonyl (C=O) groups excluding carboxylic acids is 1. The first-order chi connectivity index (χ1) is 5.63. The lowest BCUT2D eigenvalue weighted by atomic mass is 9.99. The monoisotopic (exact) mass is 185 g/mol. The number of aliphatic hydroxyl groups excluding tert-OH is 1. The van der Waals surface area contributed by atoms with Crippen molar-refractivity contribution < 1.29 is 9.90 Å². The van der Waals surface area contributed by atoms with Gasteiger partial charge in [-0.1, -0.05) is 6.92 Å². The Labute approximate surface area is 74.8 Å². The second kappa shape index (κ2) is 3.69. The van der Waals surface area contributed by atoms with E-state index >= 15 is 0 Å². The predicted octanol–water partition coefficient (Wildman–Crippen LogP) is 0.903. The van der Waals surface area contributed by atoms with E-state index in [1.807, 2.05) is 10.8 Å². The second-order valence-electron chi connectivity index (χ2n) is 2.69. The van der Waals surface area contributed by atoms with Gasteiger partial charge in [-0.05, 0) is 22.4 Å². The van der Waals surface area contributed by atoms with Gasteiger partial charge in [0.2, 0.25) is 5.91 Å². The number of rotatable bonds is 3. The Morgan fingerprint density at radius 1 is 1.75 bits per heavy atom. The highest BCUT2D eigenvalue weighted by molar-refractivity contribution is 7.07. The Morgan fingerprint density at radius 2 is 2.42 bits per heavy atom. The zero-order valence-corrected chi connectivity index (χ0v) is 7.54. The SMILES string of the molecule is CC(C(N)=O)C(O)c1ccsc1. The Balaban J connectivity index is 2.71. The third-order valence-electron chi connectivity index (χ3n) is 1.81. The van der Waals surface area contributed by atoms with E-state index in [4.69, 9.17) is 5.73 Å². The van der Waals surface area contributed by atoms with Gasteiger partial charge in [-0.3, -0.25) is 4.79 Å². The summed E-state index contributed by atoms with van der Waals surface area (Å²) in [5.74, 6) is -1.01. The van der Waals surface area contributed by atoms with Gasteiger partial charge in [0.05, 0.1) is 12.0 Å². The van der Waals surface area contributed by atoms with E-state index in [1.165, 1.54) is 11.3 Å². The molecule has 12 heavy (non-hydrogen) atoms. The molecule has 3 N–H and O–H groups in total. The quantitative estimate of drug-likeness (QED) is 0.735. The van der Waals surface area contributed by atoms with Gasteiger partial charge < -0.3 is 10.8 Å². The van der Waals surface area contributed by atoms with Crippen molar-refractivity contribution in [3.8, 4) is 0 Å². The van der Waals surface area contributed by atoms with Crippen LogP contribution in [-0.4, -0.2) is 11.0 Å². The number of aliphatic hydroxyl groups is 1. The highest BCUT2D eigenvalue weighted by Crippen LogP contribution is 2.23. The van der Waals surface area contributed by atoms with E-state index in [0.717, 1.165) is 5.56 Å². The maximum atomic E-state index is 10.7. The van der Waals surface area contributed by atoms with Crippen LogP contribution in [0.5, 0.6) is 0 Å². The molecule has 0 bridgehead atoms. The second-order valence-corrected chi connectivity index (χ2v) is 3.47. The normalized spacial score (nSPS) is 15.5. The van der Waals surface area contributed by atoms with Gasteiger partial charge in [0.1, 0.15) is 0 Å². The van der Waals surface area contributed by atoms with Crippen LogP contribution in [0.4, 0.5) is 0 Å². The summed E-state index contributed by atoms with van der Waals surface area (Å²) < 4.78 is 0. The number of hydrogen-bond acceptors (Lipinski definition) is 3. The van der Waals surface area contributed by atoms with Crippen molar-refractivity contribution in [1.29, 1.82) is 0 Å². The molecule has 1 amide bonds. The standard InChI is InChI=1S/C8H11NO2S/c1-5(8(9)11)7(10)6-2-3-12-4-6/h2-5,7,10H,1H3,(H2,9,11). The molecule has 0 fully saturated rings. The van der Waals surface area contributed by atoms with Crippen LogP contribution in [0.15, 0.2) is 16.8 Å². The molecule has 3 nitrogen and oxygen atoms in total. The third-order valence-corrected chi connectivity index (χ3v) is 2.51. The highest BCUT2D eigenvalue weighted by atomic mass is 32.1. The van der Waals surface area contributed by atoms with Gasteiger partial charge in [0.25, 0.3) is 0 Å². The first kappa shape index (κ1) is 9.22. The third kappa shape index (κ3) is 1.84. The van der Waals surface area contributed by atoms with Gasteiger partial charge in [-0.25, -0.2) is 0 Å². The molecule has 0 saturated heterocycles. The van der Waals surface area contributed by atoms with Crippen molar-refractivity contribution in [2.45, 2.75) is 13.0 Å². The van der Waals surface area contributed by atoms with Crippen LogP contribution in [0.3, 0.4) is 0 Å². The van der Waals surface area contributed by atoms with Crippen molar-refractivity contribution in [2.24, 2.45) is 11.7 Å². The van der Waals surface area contributed by atoms with Crippen molar-refractivity contribution in [3.05, 3.63) is 22.4 Å². The Bertz CT molecular complexity index is 258. The average molecular weight is 185 g/mol. The fraction of sp³-hybridized carbons (Fsp3) is 0.375. The zero-order chi connectivity index (χ0) is 9.14. The van der Waals surface area contributed by atoms with Crippen molar-refractivity contribution in [2.75, 3.05) is 0 Å². The summed E-state index contributed by atoms with van der Waals surface area (Å²) in [6.07, 6.45) is -0.770. The molecule has 66 valence electrons. The molecule has 1 aromatic rings. The molecule has 0 aliphatic carbocycles. The van der Waals surface area contributed by atoms with E-state index in [-0.39, 0.29) is 0 Å². The Hall–Kier alpha value is -0.870. The molecule has 0 radical (unpaired) electrons. The number of hydrogen-bond donors (Lipinski definition) is 2. The minimum absolute atomic E-state index is 0.478. The molecule has 4 heteroatoms. The van der Waals surface area contributed by atoms with E-state index in [9.17, 15) is 9.90 Å². The topological polar surface area (TPSA) is 63.3 Å². The van der Waals surface area contributed by atoms with Crippen LogP contribution < -0.4 is 5.73 Å². The summed E-state index contributed by atoms with van der Waals surface area (Å²) in [5.41, 5.74) is 5.80. The maximum absolute atomic E-state index is 10.7.